The normalized spacial score (nSPS) is 10.9. The molecule has 106 valence electrons. The number of hydrogen-bond acceptors (Lipinski definition) is 1. The van der Waals surface area contributed by atoms with E-state index in [-0.39, 0.29) is 5.82 Å². The third-order valence-corrected chi connectivity index (χ3v) is 3.88. The summed E-state index contributed by atoms with van der Waals surface area (Å²) in [5.74, 6) is 1.09. The molecule has 0 spiro atoms. The molecule has 0 saturated heterocycles. The first-order valence-electron chi connectivity index (χ1n) is 6.64. The smallest absolute Gasteiger partial charge is 0.167 e. The van der Waals surface area contributed by atoms with Crippen molar-refractivity contribution in [2.24, 2.45) is 0 Å². The van der Waals surface area contributed by atoms with E-state index in [1.54, 1.807) is 6.07 Å². The van der Waals surface area contributed by atoms with Crippen LogP contribution < -0.4 is 4.74 Å². The topological polar surface area (TPSA) is 9.23 Å². The van der Waals surface area contributed by atoms with Crippen molar-refractivity contribution in [2.75, 3.05) is 0 Å². The summed E-state index contributed by atoms with van der Waals surface area (Å²) in [6, 6.07) is 10.8. The van der Waals surface area contributed by atoms with Gasteiger partial charge in [0.05, 0.1) is 0 Å². The molecule has 0 aliphatic rings. The molecule has 0 saturated carbocycles. The first-order valence-corrected chi connectivity index (χ1v) is 7.76. The zero-order valence-electron chi connectivity index (χ0n) is 11.9. The van der Waals surface area contributed by atoms with Crippen LogP contribution in [0.5, 0.6) is 11.5 Å². The third kappa shape index (κ3) is 3.21. The van der Waals surface area contributed by atoms with E-state index in [9.17, 15) is 4.39 Å². The van der Waals surface area contributed by atoms with Gasteiger partial charge in [-0.1, -0.05) is 48.0 Å². The van der Waals surface area contributed by atoms with Crippen LogP contribution in [0.3, 0.4) is 0 Å². The molecule has 3 heteroatoms. The van der Waals surface area contributed by atoms with Crippen LogP contribution in [0.2, 0.25) is 0 Å². The van der Waals surface area contributed by atoms with E-state index >= 15 is 0 Å². The molecule has 2 rings (SSSR count). The molecule has 0 heterocycles. The minimum atomic E-state index is -0.340. The van der Waals surface area contributed by atoms with Crippen LogP contribution in [0.4, 0.5) is 4.39 Å². The SMILES string of the molecule is Cc1cc(Oc2c(F)cccc2CBr)ccc1C(C)C. The zero-order chi connectivity index (χ0) is 14.7. The van der Waals surface area contributed by atoms with E-state index in [4.69, 9.17) is 4.74 Å². The van der Waals surface area contributed by atoms with Gasteiger partial charge < -0.3 is 4.74 Å². The van der Waals surface area contributed by atoms with Gasteiger partial charge in [-0.3, -0.25) is 0 Å². The monoisotopic (exact) mass is 336 g/mol. The minimum absolute atomic E-state index is 0.293. The van der Waals surface area contributed by atoms with Gasteiger partial charge in [-0.05, 0) is 42.2 Å². The number of para-hydroxylation sites is 1. The van der Waals surface area contributed by atoms with Gasteiger partial charge in [-0.25, -0.2) is 4.39 Å². The summed E-state index contributed by atoms with van der Waals surface area (Å²) < 4.78 is 19.6. The Hall–Kier alpha value is -1.35. The first-order chi connectivity index (χ1) is 9.52. The molecule has 0 atom stereocenters. The largest absolute Gasteiger partial charge is 0.454 e. The van der Waals surface area contributed by atoms with Gasteiger partial charge in [0.25, 0.3) is 0 Å². The molecule has 2 aromatic carbocycles. The Kier molecular flexibility index (Phi) is 4.81. The number of alkyl halides is 1. The quantitative estimate of drug-likeness (QED) is 0.627. The predicted molar refractivity (Wildman–Crippen MR) is 84.4 cm³/mol. The number of aryl methyl sites for hydroxylation is 1. The fraction of sp³-hybridized carbons (Fsp3) is 0.294. The van der Waals surface area contributed by atoms with E-state index in [0.717, 1.165) is 11.1 Å². The Morgan fingerprint density at radius 1 is 1.20 bits per heavy atom. The maximum Gasteiger partial charge on any atom is 0.167 e. The van der Waals surface area contributed by atoms with Crippen molar-refractivity contribution in [3.8, 4) is 11.5 Å². The lowest BCUT2D eigenvalue weighted by Gasteiger charge is -2.14. The Bertz CT molecular complexity index is 608. The first kappa shape index (κ1) is 15.0. The Morgan fingerprint density at radius 3 is 2.55 bits per heavy atom. The molecule has 20 heavy (non-hydrogen) atoms. The summed E-state index contributed by atoms with van der Waals surface area (Å²) >= 11 is 3.35. The number of benzene rings is 2. The van der Waals surface area contributed by atoms with Crippen molar-refractivity contribution < 1.29 is 9.13 Å². The minimum Gasteiger partial charge on any atom is -0.454 e. The molecule has 2 aromatic rings. The highest BCUT2D eigenvalue weighted by atomic mass is 79.9. The molecule has 0 fully saturated rings. The van der Waals surface area contributed by atoms with Crippen LogP contribution in [0, 0.1) is 12.7 Å². The second-order valence-electron chi connectivity index (χ2n) is 5.14. The van der Waals surface area contributed by atoms with Gasteiger partial charge in [0, 0.05) is 10.9 Å². The summed E-state index contributed by atoms with van der Waals surface area (Å²) in [4.78, 5) is 0. The van der Waals surface area contributed by atoms with Crippen molar-refractivity contribution in [3.05, 3.63) is 58.9 Å². The summed E-state index contributed by atoms with van der Waals surface area (Å²) in [6.07, 6.45) is 0. The predicted octanol–water partition coefficient (Wildman–Crippen LogP) is 5.94. The van der Waals surface area contributed by atoms with Crippen LogP contribution in [-0.4, -0.2) is 0 Å². The van der Waals surface area contributed by atoms with Crippen molar-refractivity contribution in [3.63, 3.8) is 0 Å². The number of ether oxygens (including phenoxy) is 1. The average Bonchev–Trinajstić information content (AvgIpc) is 2.40. The van der Waals surface area contributed by atoms with Crippen LogP contribution in [0.1, 0.15) is 36.5 Å². The van der Waals surface area contributed by atoms with Gasteiger partial charge in [0.15, 0.2) is 11.6 Å². The molecule has 0 aliphatic carbocycles. The third-order valence-electron chi connectivity index (χ3n) is 3.28. The number of rotatable bonds is 4. The van der Waals surface area contributed by atoms with Crippen LogP contribution >= 0.6 is 15.9 Å². The maximum atomic E-state index is 13.9. The van der Waals surface area contributed by atoms with E-state index in [2.05, 4.69) is 36.7 Å². The van der Waals surface area contributed by atoms with Crippen molar-refractivity contribution >= 4 is 15.9 Å². The molecule has 1 nitrogen and oxygen atoms in total. The highest BCUT2D eigenvalue weighted by Crippen LogP contribution is 2.31. The highest BCUT2D eigenvalue weighted by Gasteiger charge is 2.11. The fourth-order valence-electron chi connectivity index (χ4n) is 2.25. The van der Waals surface area contributed by atoms with Crippen molar-refractivity contribution in [1.82, 2.24) is 0 Å². The number of halogens is 2. The lowest BCUT2D eigenvalue weighted by Crippen LogP contribution is -1.96. The van der Waals surface area contributed by atoms with Crippen molar-refractivity contribution in [1.29, 1.82) is 0 Å². The molecular formula is C17H18BrFO. The molecule has 0 aliphatic heterocycles. The highest BCUT2D eigenvalue weighted by molar-refractivity contribution is 9.08. The van der Waals surface area contributed by atoms with E-state index in [1.165, 1.54) is 11.6 Å². The van der Waals surface area contributed by atoms with E-state index in [0.29, 0.717) is 22.7 Å². The lowest BCUT2D eigenvalue weighted by molar-refractivity contribution is 0.438. The molecule has 0 unspecified atom stereocenters. The Morgan fingerprint density at radius 2 is 1.95 bits per heavy atom. The molecule has 0 amide bonds. The van der Waals surface area contributed by atoms with Gasteiger partial charge in [-0.2, -0.15) is 0 Å². The Balaban J connectivity index is 2.34. The summed E-state index contributed by atoms with van der Waals surface area (Å²) in [7, 11) is 0. The molecule has 0 N–H and O–H groups in total. The van der Waals surface area contributed by atoms with Gasteiger partial charge >= 0.3 is 0 Å². The van der Waals surface area contributed by atoms with Gasteiger partial charge in [0.2, 0.25) is 0 Å². The standard InChI is InChI=1S/C17H18BrFO/c1-11(2)15-8-7-14(9-12(15)3)20-17-13(10-18)5-4-6-16(17)19/h4-9,11H,10H2,1-3H3. The second-order valence-corrected chi connectivity index (χ2v) is 5.70. The van der Waals surface area contributed by atoms with Gasteiger partial charge in [0.1, 0.15) is 5.75 Å². The summed E-state index contributed by atoms with van der Waals surface area (Å²) in [6.45, 7) is 6.36. The molecule has 0 bridgehead atoms. The number of hydrogen-bond donors (Lipinski definition) is 0. The van der Waals surface area contributed by atoms with Crippen molar-refractivity contribution in [2.45, 2.75) is 32.0 Å². The summed E-state index contributed by atoms with van der Waals surface area (Å²) in [5.41, 5.74) is 3.25. The van der Waals surface area contributed by atoms with E-state index < -0.39 is 0 Å². The van der Waals surface area contributed by atoms with Crippen LogP contribution in [0.25, 0.3) is 0 Å². The molecule has 0 radical (unpaired) electrons. The van der Waals surface area contributed by atoms with Crippen LogP contribution in [0.15, 0.2) is 36.4 Å². The summed E-state index contributed by atoms with van der Waals surface area (Å²) in [5, 5.41) is 0.559. The molecular weight excluding hydrogens is 319 g/mol. The maximum absolute atomic E-state index is 13.9. The Labute approximate surface area is 127 Å². The lowest BCUT2D eigenvalue weighted by atomic mass is 9.98. The van der Waals surface area contributed by atoms with E-state index in [1.807, 2.05) is 24.3 Å². The van der Waals surface area contributed by atoms with Gasteiger partial charge in [-0.15, -0.1) is 0 Å². The zero-order valence-corrected chi connectivity index (χ0v) is 13.5. The molecule has 0 aromatic heterocycles. The second kappa shape index (κ2) is 6.40. The van der Waals surface area contributed by atoms with Crippen LogP contribution in [-0.2, 0) is 5.33 Å². The fourth-order valence-corrected chi connectivity index (χ4v) is 2.69. The average molecular weight is 337 g/mol.